The lowest BCUT2D eigenvalue weighted by molar-refractivity contribution is -0.136. The summed E-state index contributed by atoms with van der Waals surface area (Å²) in [6, 6.07) is 1.50. The SMILES string of the molecule is O=C(O)CCc1cc(Cl)nc(Cl)n1. The summed E-state index contributed by atoms with van der Waals surface area (Å²) >= 11 is 11.1. The lowest BCUT2D eigenvalue weighted by Gasteiger charge is -1.98. The summed E-state index contributed by atoms with van der Waals surface area (Å²) in [4.78, 5) is 17.7. The zero-order valence-corrected chi connectivity index (χ0v) is 8.01. The summed E-state index contributed by atoms with van der Waals surface area (Å²) in [5.74, 6) is -0.883. The molecule has 1 rings (SSSR count). The van der Waals surface area contributed by atoms with Crippen LogP contribution in [0.1, 0.15) is 12.1 Å². The predicted molar refractivity (Wildman–Crippen MR) is 48.0 cm³/mol. The minimum absolute atomic E-state index is 0.00364. The van der Waals surface area contributed by atoms with E-state index in [4.69, 9.17) is 28.3 Å². The molecule has 13 heavy (non-hydrogen) atoms. The van der Waals surface area contributed by atoms with E-state index in [1.807, 2.05) is 0 Å². The highest BCUT2D eigenvalue weighted by Crippen LogP contribution is 2.11. The standard InChI is InChI=1S/C7H6Cl2N2O2/c8-5-3-4(1-2-6(12)13)10-7(9)11-5/h3H,1-2H2,(H,12,13). The molecule has 1 N–H and O–H groups in total. The Balaban J connectivity index is 2.71. The molecule has 0 fully saturated rings. The van der Waals surface area contributed by atoms with E-state index in [9.17, 15) is 4.79 Å². The Morgan fingerprint density at radius 3 is 2.69 bits per heavy atom. The summed E-state index contributed by atoms with van der Waals surface area (Å²) < 4.78 is 0. The van der Waals surface area contributed by atoms with Gasteiger partial charge >= 0.3 is 5.97 Å². The number of hydrogen-bond acceptors (Lipinski definition) is 3. The van der Waals surface area contributed by atoms with Gasteiger partial charge in [0.05, 0.1) is 6.42 Å². The van der Waals surface area contributed by atoms with Gasteiger partial charge in [-0.15, -0.1) is 0 Å². The summed E-state index contributed by atoms with van der Waals surface area (Å²) in [5, 5.41) is 8.66. The Labute approximate surface area is 84.5 Å². The highest BCUT2D eigenvalue weighted by molar-refractivity contribution is 6.31. The van der Waals surface area contributed by atoms with Gasteiger partial charge in [-0.1, -0.05) is 11.6 Å². The van der Waals surface area contributed by atoms with Crippen molar-refractivity contribution in [3.8, 4) is 0 Å². The van der Waals surface area contributed by atoms with Gasteiger partial charge in [0.1, 0.15) is 5.15 Å². The van der Waals surface area contributed by atoms with Crippen LogP contribution >= 0.6 is 23.2 Å². The van der Waals surface area contributed by atoms with E-state index in [1.165, 1.54) is 6.07 Å². The number of carboxylic acid groups (broad SMARTS) is 1. The normalized spacial score (nSPS) is 10.0. The zero-order valence-electron chi connectivity index (χ0n) is 6.50. The maximum Gasteiger partial charge on any atom is 0.303 e. The van der Waals surface area contributed by atoms with Crippen LogP contribution in [-0.2, 0) is 11.2 Å². The average molecular weight is 221 g/mol. The van der Waals surface area contributed by atoms with Crippen LogP contribution in [0.15, 0.2) is 6.07 Å². The van der Waals surface area contributed by atoms with Crippen LogP contribution in [0.4, 0.5) is 0 Å². The number of aromatic nitrogens is 2. The van der Waals surface area contributed by atoms with Crippen molar-refractivity contribution >= 4 is 29.2 Å². The molecule has 0 spiro atoms. The summed E-state index contributed by atoms with van der Waals surface area (Å²) in [6.07, 6.45) is 0.307. The Morgan fingerprint density at radius 1 is 1.46 bits per heavy atom. The Morgan fingerprint density at radius 2 is 2.15 bits per heavy atom. The number of nitrogens with zero attached hydrogens (tertiary/aromatic N) is 2. The molecule has 1 aromatic rings. The van der Waals surface area contributed by atoms with Gasteiger partial charge < -0.3 is 5.11 Å². The van der Waals surface area contributed by atoms with Gasteiger partial charge in [-0.2, -0.15) is 0 Å². The lowest BCUT2D eigenvalue weighted by Crippen LogP contribution is -2.00. The maximum absolute atomic E-state index is 10.2. The van der Waals surface area contributed by atoms with Crippen LogP contribution in [0.25, 0.3) is 0 Å². The van der Waals surface area contributed by atoms with E-state index >= 15 is 0 Å². The minimum atomic E-state index is -0.883. The highest BCUT2D eigenvalue weighted by Gasteiger charge is 2.03. The number of aryl methyl sites for hydroxylation is 1. The van der Waals surface area contributed by atoms with Gasteiger partial charge in [0.25, 0.3) is 0 Å². The van der Waals surface area contributed by atoms with Gasteiger partial charge in [-0.25, -0.2) is 9.97 Å². The highest BCUT2D eigenvalue weighted by atomic mass is 35.5. The topological polar surface area (TPSA) is 63.1 Å². The maximum atomic E-state index is 10.2. The fraction of sp³-hybridized carbons (Fsp3) is 0.286. The number of hydrogen-bond donors (Lipinski definition) is 1. The number of carbonyl (C=O) groups is 1. The third-order valence-electron chi connectivity index (χ3n) is 1.32. The van der Waals surface area contributed by atoms with E-state index in [0.717, 1.165) is 0 Å². The molecule has 0 unspecified atom stereocenters. The molecule has 70 valence electrons. The summed E-state index contributed by atoms with van der Waals surface area (Å²) in [7, 11) is 0. The van der Waals surface area contributed by atoms with E-state index in [0.29, 0.717) is 12.1 Å². The second kappa shape index (κ2) is 4.39. The van der Waals surface area contributed by atoms with Crippen LogP contribution in [0.2, 0.25) is 10.4 Å². The lowest BCUT2D eigenvalue weighted by atomic mass is 10.2. The monoisotopic (exact) mass is 220 g/mol. The smallest absolute Gasteiger partial charge is 0.303 e. The second-order valence-electron chi connectivity index (χ2n) is 2.34. The van der Waals surface area contributed by atoms with E-state index in [2.05, 4.69) is 9.97 Å². The summed E-state index contributed by atoms with van der Waals surface area (Å²) in [6.45, 7) is 0. The molecule has 0 radical (unpaired) electrons. The molecule has 0 aliphatic heterocycles. The van der Waals surface area contributed by atoms with Gasteiger partial charge in [-0.05, 0) is 17.7 Å². The zero-order chi connectivity index (χ0) is 9.84. The molecule has 0 aromatic carbocycles. The second-order valence-corrected chi connectivity index (χ2v) is 3.07. The third-order valence-corrected chi connectivity index (χ3v) is 1.68. The van der Waals surface area contributed by atoms with Crippen molar-refractivity contribution in [2.24, 2.45) is 0 Å². The fourth-order valence-corrected chi connectivity index (χ4v) is 1.25. The molecule has 0 aliphatic rings. The molecular weight excluding hydrogens is 215 g/mol. The first kappa shape index (κ1) is 10.2. The summed E-state index contributed by atoms with van der Waals surface area (Å²) in [5.41, 5.74) is 0.535. The van der Waals surface area contributed by atoms with Crippen LogP contribution in [-0.4, -0.2) is 21.0 Å². The molecule has 1 heterocycles. The number of aliphatic carboxylic acids is 1. The number of carboxylic acids is 1. The molecule has 4 nitrogen and oxygen atoms in total. The molecule has 0 saturated carbocycles. The van der Waals surface area contributed by atoms with Crippen molar-refractivity contribution < 1.29 is 9.90 Å². The van der Waals surface area contributed by atoms with Gasteiger partial charge in [0.2, 0.25) is 5.28 Å². The molecule has 6 heteroatoms. The molecular formula is C7H6Cl2N2O2. The van der Waals surface area contributed by atoms with Crippen LogP contribution in [0, 0.1) is 0 Å². The minimum Gasteiger partial charge on any atom is -0.481 e. The van der Waals surface area contributed by atoms with E-state index in [-0.39, 0.29) is 16.9 Å². The van der Waals surface area contributed by atoms with Gasteiger partial charge in [0, 0.05) is 12.1 Å². The Bertz CT molecular complexity index is 310. The number of halogens is 2. The van der Waals surface area contributed by atoms with Crippen molar-refractivity contribution in [2.75, 3.05) is 0 Å². The van der Waals surface area contributed by atoms with Crippen molar-refractivity contribution in [3.63, 3.8) is 0 Å². The molecule has 0 atom stereocenters. The molecule has 1 aromatic heterocycles. The van der Waals surface area contributed by atoms with Crippen molar-refractivity contribution in [2.45, 2.75) is 12.8 Å². The quantitative estimate of drug-likeness (QED) is 0.624. The molecule has 0 amide bonds. The van der Waals surface area contributed by atoms with Crippen LogP contribution in [0.5, 0.6) is 0 Å². The molecule has 0 aliphatic carbocycles. The largest absolute Gasteiger partial charge is 0.481 e. The first-order valence-electron chi connectivity index (χ1n) is 3.48. The first-order valence-corrected chi connectivity index (χ1v) is 4.24. The molecule has 0 saturated heterocycles. The Kier molecular flexibility index (Phi) is 3.45. The predicted octanol–water partition coefficient (Wildman–Crippen LogP) is 1.80. The third kappa shape index (κ3) is 3.57. The van der Waals surface area contributed by atoms with E-state index < -0.39 is 5.97 Å². The molecule has 0 bridgehead atoms. The van der Waals surface area contributed by atoms with Crippen molar-refractivity contribution in [1.29, 1.82) is 0 Å². The first-order chi connectivity index (χ1) is 6.08. The Hall–Kier alpha value is -0.870. The van der Waals surface area contributed by atoms with E-state index in [1.54, 1.807) is 0 Å². The van der Waals surface area contributed by atoms with Crippen molar-refractivity contribution in [1.82, 2.24) is 9.97 Å². The van der Waals surface area contributed by atoms with Crippen LogP contribution < -0.4 is 0 Å². The van der Waals surface area contributed by atoms with Gasteiger partial charge in [0.15, 0.2) is 0 Å². The number of rotatable bonds is 3. The van der Waals surface area contributed by atoms with Crippen LogP contribution in [0.3, 0.4) is 0 Å². The average Bonchev–Trinajstić information content (AvgIpc) is 1.99. The van der Waals surface area contributed by atoms with Crippen molar-refractivity contribution in [3.05, 3.63) is 22.2 Å². The van der Waals surface area contributed by atoms with Gasteiger partial charge in [-0.3, -0.25) is 4.79 Å². The fourth-order valence-electron chi connectivity index (χ4n) is 0.797.